The van der Waals surface area contributed by atoms with E-state index in [-0.39, 0.29) is 30.5 Å². The van der Waals surface area contributed by atoms with Crippen LogP contribution in [0.2, 0.25) is 5.02 Å². The Balaban J connectivity index is 0.709. The molecule has 5 fully saturated rings. The molecule has 0 spiro atoms. The molecule has 4 aromatic rings. The maximum atomic E-state index is 15.8. The number of benzene rings is 2. The van der Waals surface area contributed by atoms with Crippen LogP contribution in [0.15, 0.2) is 48.7 Å². The quantitative estimate of drug-likeness (QED) is 0.166. The second-order valence-corrected chi connectivity index (χ2v) is 18.9. The third-order valence-corrected chi connectivity index (χ3v) is 14.7. The first-order chi connectivity index (χ1) is 30.9. The first-order valence-corrected chi connectivity index (χ1v) is 23.2. The Hall–Kier alpha value is -5.13. The minimum atomic E-state index is -2.76. The van der Waals surface area contributed by atoms with Gasteiger partial charge < -0.3 is 25.3 Å². The Morgan fingerprint density at radius 3 is 2.41 bits per heavy atom. The predicted molar refractivity (Wildman–Crippen MR) is 240 cm³/mol. The monoisotopic (exact) mass is 901 g/mol. The molecule has 2 aromatic heterocycles. The number of hydrogen-bond acceptors (Lipinski definition) is 11. The Bertz CT molecular complexity index is 2440. The minimum Gasteiger partial charge on any atom is -0.385 e. The molecule has 0 bridgehead atoms. The largest absolute Gasteiger partial charge is 0.385 e. The smallest absolute Gasteiger partial charge is 0.271 e. The first-order valence-electron chi connectivity index (χ1n) is 22.8. The fourth-order valence-electron chi connectivity index (χ4n) is 10.6. The molecule has 14 nitrogen and oxygen atoms in total. The van der Waals surface area contributed by atoms with Crippen LogP contribution in [0.3, 0.4) is 0 Å². The number of nitrogens with zero attached hydrogens (tertiary/aromatic N) is 8. The number of aromatic nitrogens is 3. The number of carbonyl (C=O) groups excluding carboxylic acids is 3. The molecule has 64 heavy (non-hydrogen) atoms. The van der Waals surface area contributed by atoms with Crippen molar-refractivity contribution >= 4 is 63.5 Å². The van der Waals surface area contributed by atoms with E-state index in [1.807, 2.05) is 29.2 Å². The molecular formula is C46H55ClF3N11O3. The van der Waals surface area contributed by atoms with E-state index in [2.05, 4.69) is 58.7 Å². The maximum Gasteiger partial charge on any atom is 0.271 e. The van der Waals surface area contributed by atoms with Gasteiger partial charge in [0.2, 0.25) is 11.8 Å². The number of piperazine rings is 1. The summed E-state index contributed by atoms with van der Waals surface area (Å²) in [5.41, 5.74) is 6.66. The lowest BCUT2D eigenvalue weighted by atomic mass is 9.89. The van der Waals surface area contributed by atoms with Crippen LogP contribution in [0.5, 0.6) is 0 Å². The van der Waals surface area contributed by atoms with Gasteiger partial charge in [-0.2, -0.15) is 0 Å². The lowest BCUT2D eigenvalue weighted by molar-refractivity contribution is -0.134. The molecule has 5 aliphatic heterocycles. The number of carbonyl (C=O) groups is 3. The fraction of sp³-hybridized carbons (Fsp3) is 0.543. The Morgan fingerprint density at radius 2 is 1.69 bits per heavy atom. The van der Waals surface area contributed by atoms with E-state index >= 15 is 8.78 Å². The van der Waals surface area contributed by atoms with Crippen LogP contribution in [0.1, 0.15) is 66.1 Å². The number of imide groups is 1. The lowest BCUT2D eigenvalue weighted by Gasteiger charge is -2.44. The molecule has 4 atom stereocenters. The third kappa shape index (κ3) is 8.46. The highest BCUT2D eigenvalue weighted by molar-refractivity contribution is 6.32. The van der Waals surface area contributed by atoms with E-state index in [0.29, 0.717) is 94.0 Å². The molecule has 18 heteroatoms. The van der Waals surface area contributed by atoms with Crippen LogP contribution >= 0.6 is 11.6 Å². The summed E-state index contributed by atoms with van der Waals surface area (Å²) in [6, 6.07) is 13.5. The Labute approximate surface area is 375 Å². The van der Waals surface area contributed by atoms with Crippen LogP contribution in [0.25, 0.3) is 5.65 Å². The zero-order valence-electron chi connectivity index (χ0n) is 36.0. The summed E-state index contributed by atoms with van der Waals surface area (Å²) in [5, 5.41) is 13.7. The first kappa shape index (κ1) is 42.8. The number of nitrogens with one attached hydrogen (secondary N) is 3. The molecule has 7 heterocycles. The highest BCUT2D eigenvalue weighted by Crippen LogP contribution is 2.42. The molecule has 10 rings (SSSR count). The summed E-state index contributed by atoms with van der Waals surface area (Å²) < 4.78 is 46.8. The third-order valence-electron chi connectivity index (χ3n) is 14.4. The van der Waals surface area contributed by atoms with Gasteiger partial charge in [-0.3, -0.25) is 29.5 Å². The maximum absolute atomic E-state index is 15.8. The molecule has 2 aromatic carbocycles. The van der Waals surface area contributed by atoms with Gasteiger partial charge in [-0.05, 0) is 74.4 Å². The van der Waals surface area contributed by atoms with E-state index < -0.39 is 35.9 Å². The number of halogens is 4. The average molecular weight is 902 g/mol. The van der Waals surface area contributed by atoms with Gasteiger partial charge in [-0.25, -0.2) is 22.7 Å². The van der Waals surface area contributed by atoms with Crippen molar-refractivity contribution < 1.29 is 27.6 Å². The molecule has 4 saturated heterocycles. The Kier molecular flexibility index (Phi) is 11.6. The van der Waals surface area contributed by atoms with Gasteiger partial charge in [0.15, 0.2) is 17.2 Å². The van der Waals surface area contributed by atoms with E-state index in [4.69, 9.17) is 16.7 Å². The van der Waals surface area contributed by atoms with Crippen LogP contribution in [0, 0.1) is 11.8 Å². The molecule has 3 N–H and O–H groups in total. The standard InChI is InChI=1S/C46H55ClF3N11O3/c1-51-37-23-41(55-61-40(24-52-43(37)61)45(64)53-36-22-35(36)48)60-16-12-33-38(3-2-4-39(33)60)59-14-9-28(10-15-59)25-57-13-11-29(46(49,50)27-57)26-56-17-19-58(20-18-56)30-5-6-31(34(47)21-30)32-7-8-42(62)54-44(32)63/h2-6,21,23-24,28-29,32,35-36,51H,7-20,22,25-27H2,1H3,(H,53,64)(H,54,62,63)/t29?,32?,35-,36+/m0/s1. The van der Waals surface area contributed by atoms with Gasteiger partial charge in [-0.1, -0.05) is 23.7 Å². The number of imidazole rings is 1. The second-order valence-electron chi connectivity index (χ2n) is 18.5. The van der Waals surface area contributed by atoms with Crippen molar-refractivity contribution in [2.75, 3.05) is 99.1 Å². The number of anilines is 5. The molecule has 3 amide bonds. The van der Waals surface area contributed by atoms with Crippen LogP contribution < -0.4 is 30.7 Å². The normalized spacial score (nSPS) is 25.4. The van der Waals surface area contributed by atoms with Gasteiger partial charge in [0.25, 0.3) is 11.8 Å². The summed E-state index contributed by atoms with van der Waals surface area (Å²) >= 11 is 6.64. The van der Waals surface area contributed by atoms with Crippen molar-refractivity contribution in [3.63, 3.8) is 0 Å². The summed E-state index contributed by atoms with van der Waals surface area (Å²) in [4.78, 5) is 52.5. The number of piperidine rings is 3. The van der Waals surface area contributed by atoms with Gasteiger partial charge in [-0.15, -0.1) is 5.10 Å². The molecule has 2 unspecified atom stereocenters. The topological polar surface area (TPSA) is 134 Å². The summed E-state index contributed by atoms with van der Waals surface area (Å²) in [6.45, 7) is 6.75. The predicted octanol–water partition coefficient (Wildman–Crippen LogP) is 5.47. The van der Waals surface area contributed by atoms with Crippen LogP contribution in [0.4, 0.5) is 41.7 Å². The average Bonchev–Trinajstić information content (AvgIpc) is 3.59. The fourth-order valence-corrected chi connectivity index (χ4v) is 10.9. The van der Waals surface area contributed by atoms with Crippen molar-refractivity contribution in [2.45, 2.75) is 69.0 Å². The zero-order chi connectivity index (χ0) is 44.3. The van der Waals surface area contributed by atoms with Crippen molar-refractivity contribution in [3.8, 4) is 0 Å². The number of alkyl halides is 3. The molecule has 340 valence electrons. The zero-order valence-corrected chi connectivity index (χ0v) is 36.8. The molecular weight excluding hydrogens is 847 g/mol. The van der Waals surface area contributed by atoms with Crippen molar-refractivity contribution in [1.82, 2.24) is 35.0 Å². The van der Waals surface area contributed by atoms with E-state index in [9.17, 15) is 18.8 Å². The van der Waals surface area contributed by atoms with Crippen LogP contribution in [-0.2, 0) is 16.0 Å². The summed E-state index contributed by atoms with van der Waals surface area (Å²) in [7, 11) is 1.80. The van der Waals surface area contributed by atoms with Crippen LogP contribution in [-0.4, -0.2) is 139 Å². The molecule has 1 aliphatic carbocycles. The molecule has 0 radical (unpaired) electrons. The molecule has 1 saturated carbocycles. The summed E-state index contributed by atoms with van der Waals surface area (Å²) in [6.07, 6.45) is 4.69. The Morgan fingerprint density at radius 1 is 0.906 bits per heavy atom. The van der Waals surface area contributed by atoms with Crippen molar-refractivity contribution in [2.24, 2.45) is 11.8 Å². The number of rotatable bonds is 11. The SMILES string of the molecule is CNc1cc(N2CCc3c(N4CCC(CN5CCC(CN6CCN(c7ccc(C8CCC(=O)NC8=O)c(Cl)c7)CC6)C(F)(F)C5)CC4)cccc32)nn2c(C(=O)N[C@@H]3C[C@@H]3F)cnc12. The van der Waals surface area contributed by atoms with E-state index in [1.165, 1.54) is 22.0 Å². The number of likely N-dealkylation sites (tertiary alicyclic amines) is 1. The van der Waals surface area contributed by atoms with Crippen molar-refractivity contribution in [1.29, 1.82) is 0 Å². The van der Waals surface area contributed by atoms with Gasteiger partial charge in [0, 0.05) is 118 Å². The highest BCUT2D eigenvalue weighted by atomic mass is 35.5. The second kappa shape index (κ2) is 17.3. The van der Waals surface area contributed by atoms with Gasteiger partial charge in [0.05, 0.1) is 30.4 Å². The number of fused-ring (bicyclic) bond motifs is 2. The minimum absolute atomic E-state index is 0.198. The highest BCUT2D eigenvalue weighted by Gasteiger charge is 2.46. The number of hydrogen-bond donors (Lipinski definition) is 3. The van der Waals surface area contributed by atoms with Gasteiger partial charge in [0.1, 0.15) is 6.17 Å². The summed E-state index contributed by atoms with van der Waals surface area (Å²) in [5.74, 6) is -3.84. The lowest BCUT2D eigenvalue weighted by Crippen LogP contribution is -2.55. The van der Waals surface area contributed by atoms with Crippen molar-refractivity contribution in [3.05, 3.63) is 70.5 Å². The molecule has 6 aliphatic rings. The van der Waals surface area contributed by atoms with Gasteiger partial charge >= 0.3 is 0 Å². The van der Waals surface area contributed by atoms with E-state index in [0.717, 1.165) is 55.0 Å². The number of amides is 3. The van der Waals surface area contributed by atoms with E-state index in [1.54, 1.807) is 7.05 Å².